The summed E-state index contributed by atoms with van der Waals surface area (Å²) in [5.41, 5.74) is 2.48. The average Bonchev–Trinajstić information content (AvgIpc) is 3.14. The summed E-state index contributed by atoms with van der Waals surface area (Å²) >= 11 is 0. The van der Waals surface area contributed by atoms with E-state index < -0.39 is 0 Å². The van der Waals surface area contributed by atoms with Crippen LogP contribution in [0.3, 0.4) is 0 Å². The number of hydrogen-bond donors (Lipinski definition) is 0. The second-order valence-corrected chi connectivity index (χ2v) is 11.9. The molecule has 0 amide bonds. The number of ether oxygens (including phenoxy) is 1. The smallest absolute Gasteiger partial charge is 0.305 e. The molecule has 36 heavy (non-hydrogen) atoms. The van der Waals surface area contributed by atoms with E-state index >= 15 is 0 Å². The number of nitrogens with zero attached hydrogens (tertiary/aromatic N) is 3. The Kier molecular flexibility index (Phi) is 6.89. The molecule has 3 heterocycles. The molecule has 2 aromatic rings. The van der Waals surface area contributed by atoms with Gasteiger partial charge < -0.3 is 9.30 Å². The fraction of sp³-hybridized carbons (Fsp3) is 0.700. The van der Waals surface area contributed by atoms with Gasteiger partial charge in [0.05, 0.1) is 17.6 Å². The largest absolute Gasteiger partial charge is 0.466 e. The Morgan fingerprint density at radius 1 is 0.944 bits per heavy atom. The van der Waals surface area contributed by atoms with Crippen LogP contribution in [0.15, 0.2) is 29.1 Å². The summed E-state index contributed by atoms with van der Waals surface area (Å²) in [7, 11) is 0. The highest BCUT2D eigenvalue weighted by molar-refractivity contribution is 5.75. The van der Waals surface area contributed by atoms with Gasteiger partial charge in [0.15, 0.2) is 0 Å². The van der Waals surface area contributed by atoms with Gasteiger partial charge in [-0.15, -0.1) is 0 Å². The summed E-state index contributed by atoms with van der Waals surface area (Å²) < 4.78 is 7.15. The van der Waals surface area contributed by atoms with Crippen molar-refractivity contribution in [3.8, 4) is 0 Å². The first kappa shape index (κ1) is 24.1. The molecule has 4 bridgehead atoms. The zero-order valence-electron chi connectivity index (χ0n) is 21.7. The van der Waals surface area contributed by atoms with Crippen LogP contribution in [0.4, 0.5) is 0 Å². The Balaban J connectivity index is 1.24. The Morgan fingerprint density at radius 3 is 2.39 bits per heavy atom. The van der Waals surface area contributed by atoms with Crippen molar-refractivity contribution >= 4 is 17.0 Å². The summed E-state index contributed by atoms with van der Waals surface area (Å²) in [4.78, 5) is 33.3. The van der Waals surface area contributed by atoms with Gasteiger partial charge >= 0.3 is 5.97 Å². The van der Waals surface area contributed by atoms with Gasteiger partial charge in [-0.3, -0.25) is 14.5 Å². The van der Waals surface area contributed by atoms with Gasteiger partial charge in [-0.1, -0.05) is 31.4 Å². The van der Waals surface area contributed by atoms with E-state index in [-0.39, 0.29) is 17.6 Å². The minimum atomic E-state index is -0.200. The molecular weight excluding hydrogens is 450 g/mol. The highest BCUT2D eigenvalue weighted by atomic mass is 16.5. The quantitative estimate of drug-likeness (QED) is 0.484. The number of hydrogen-bond acceptors (Lipinski definition) is 5. The first-order chi connectivity index (χ1) is 17.6. The number of rotatable bonds is 7. The van der Waals surface area contributed by atoms with Crippen LogP contribution < -0.4 is 5.56 Å². The molecule has 4 aliphatic rings. The number of benzene rings is 1. The third kappa shape index (κ3) is 4.62. The molecule has 2 aliphatic carbocycles. The molecule has 4 fully saturated rings. The number of esters is 1. The van der Waals surface area contributed by atoms with Gasteiger partial charge in [-0.25, -0.2) is 4.98 Å². The van der Waals surface area contributed by atoms with Gasteiger partial charge in [0, 0.05) is 30.6 Å². The molecule has 1 aromatic heterocycles. The molecule has 1 aromatic carbocycles. The summed E-state index contributed by atoms with van der Waals surface area (Å²) in [6, 6.07) is 10.3. The number of carbonyl (C=O) groups excluding carboxylic acids is 1. The fourth-order valence-corrected chi connectivity index (χ4v) is 8.29. The lowest BCUT2D eigenvalue weighted by atomic mass is 9.69. The normalized spacial score (nSPS) is 32.0. The lowest BCUT2D eigenvalue weighted by Gasteiger charge is -2.49. The summed E-state index contributed by atoms with van der Waals surface area (Å²) in [6.07, 6.45) is 14.7. The van der Waals surface area contributed by atoms with Crippen LogP contribution in [0.25, 0.3) is 11.0 Å². The minimum absolute atomic E-state index is 0.0441. The van der Waals surface area contributed by atoms with Crippen molar-refractivity contribution in [2.45, 2.75) is 115 Å². The van der Waals surface area contributed by atoms with E-state index in [9.17, 15) is 9.59 Å². The van der Waals surface area contributed by atoms with Crippen molar-refractivity contribution in [2.75, 3.05) is 6.61 Å². The highest BCUT2D eigenvalue weighted by Crippen LogP contribution is 2.48. The maximum Gasteiger partial charge on any atom is 0.305 e. The van der Waals surface area contributed by atoms with Crippen molar-refractivity contribution in [1.82, 2.24) is 14.5 Å². The Bertz CT molecular complexity index is 1130. The van der Waals surface area contributed by atoms with Crippen molar-refractivity contribution in [2.24, 2.45) is 11.8 Å². The van der Waals surface area contributed by atoms with Crippen LogP contribution in [-0.2, 0) is 16.0 Å². The molecule has 0 spiro atoms. The number of para-hydroxylation sites is 2. The number of piperidine rings is 1. The summed E-state index contributed by atoms with van der Waals surface area (Å²) in [5.74, 6) is 1.70. The van der Waals surface area contributed by atoms with E-state index in [1.54, 1.807) is 0 Å². The van der Waals surface area contributed by atoms with Crippen LogP contribution in [0, 0.1) is 11.8 Å². The van der Waals surface area contributed by atoms with Crippen molar-refractivity contribution in [1.29, 1.82) is 0 Å². The molecule has 6 heteroatoms. The SMILES string of the molecule is CCOC(=O)CCCc1nc2ccccc2n(C2CC3CCC(C2)N3C2CC3CCCC(C3)C2)c1=O. The van der Waals surface area contributed by atoms with E-state index in [2.05, 4.69) is 15.5 Å². The molecule has 4 unspecified atom stereocenters. The van der Waals surface area contributed by atoms with Crippen LogP contribution in [0.2, 0.25) is 0 Å². The molecule has 2 saturated carbocycles. The van der Waals surface area contributed by atoms with Gasteiger partial charge in [-0.2, -0.15) is 0 Å². The van der Waals surface area contributed by atoms with Crippen molar-refractivity contribution in [3.05, 3.63) is 40.3 Å². The minimum Gasteiger partial charge on any atom is -0.466 e. The first-order valence-corrected chi connectivity index (χ1v) is 14.5. The molecule has 4 atom stereocenters. The highest BCUT2D eigenvalue weighted by Gasteiger charge is 2.47. The Morgan fingerprint density at radius 2 is 1.67 bits per heavy atom. The second kappa shape index (κ2) is 10.3. The predicted molar refractivity (Wildman–Crippen MR) is 141 cm³/mol. The number of aryl methyl sites for hydroxylation is 1. The van der Waals surface area contributed by atoms with Gasteiger partial charge in [-0.05, 0) is 88.7 Å². The number of carbonyl (C=O) groups is 1. The lowest BCUT2D eigenvalue weighted by Crippen LogP contribution is -2.52. The Hall–Kier alpha value is -2.21. The third-order valence-corrected chi connectivity index (χ3v) is 9.62. The van der Waals surface area contributed by atoms with Crippen LogP contribution in [0.5, 0.6) is 0 Å². The van der Waals surface area contributed by atoms with Crippen LogP contribution >= 0.6 is 0 Å². The fourth-order valence-electron chi connectivity index (χ4n) is 8.29. The zero-order chi connectivity index (χ0) is 24.6. The lowest BCUT2D eigenvalue weighted by molar-refractivity contribution is -0.143. The van der Waals surface area contributed by atoms with Gasteiger partial charge in [0.1, 0.15) is 5.69 Å². The van der Waals surface area contributed by atoms with Crippen molar-refractivity contribution in [3.63, 3.8) is 0 Å². The topological polar surface area (TPSA) is 64.4 Å². The molecule has 0 radical (unpaired) electrons. The van der Waals surface area contributed by atoms with Gasteiger partial charge in [0.25, 0.3) is 5.56 Å². The van der Waals surface area contributed by atoms with Crippen LogP contribution in [-0.4, -0.2) is 45.2 Å². The molecule has 2 aliphatic heterocycles. The van der Waals surface area contributed by atoms with Crippen molar-refractivity contribution < 1.29 is 9.53 Å². The monoisotopic (exact) mass is 491 g/mol. The van der Waals surface area contributed by atoms with E-state index in [1.807, 2.05) is 25.1 Å². The zero-order valence-corrected chi connectivity index (χ0v) is 21.7. The maximum absolute atomic E-state index is 13.8. The number of fused-ring (bicyclic) bond motifs is 5. The van der Waals surface area contributed by atoms with E-state index in [1.165, 1.54) is 51.4 Å². The molecule has 6 nitrogen and oxygen atoms in total. The summed E-state index contributed by atoms with van der Waals surface area (Å²) in [6.45, 7) is 2.21. The van der Waals surface area contributed by atoms with E-state index in [0.717, 1.165) is 41.8 Å². The summed E-state index contributed by atoms with van der Waals surface area (Å²) in [5, 5.41) is 0. The molecule has 6 rings (SSSR count). The number of aromatic nitrogens is 2. The molecule has 194 valence electrons. The molecule has 0 N–H and O–H groups in total. The van der Waals surface area contributed by atoms with Crippen LogP contribution in [0.1, 0.15) is 95.7 Å². The van der Waals surface area contributed by atoms with E-state index in [0.29, 0.717) is 43.6 Å². The average molecular weight is 492 g/mol. The predicted octanol–water partition coefficient (Wildman–Crippen LogP) is 5.42. The van der Waals surface area contributed by atoms with Gasteiger partial charge in [0.2, 0.25) is 0 Å². The third-order valence-electron chi connectivity index (χ3n) is 9.62. The maximum atomic E-state index is 13.8. The second-order valence-electron chi connectivity index (χ2n) is 11.9. The molecular formula is C30H41N3O3. The first-order valence-electron chi connectivity index (χ1n) is 14.5. The standard InChI is InChI=1S/C30H41N3O3/c1-2-36-29(34)12-6-10-27-30(35)33(28-11-4-3-9-26(28)31-27)25-18-22-13-14-23(19-25)32(22)24-16-20-7-5-8-21(15-20)17-24/h3-4,9,11,20-25H,2,5-8,10,12-19H2,1H3. The van der Waals surface area contributed by atoms with E-state index in [4.69, 9.17) is 9.72 Å². The Labute approximate surface area is 214 Å². The molecule has 2 saturated heterocycles.